The molecule has 2 fully saturated rings. The third kappa shape index (κ3) is 4.28. The molecule has 1 N–H and O–H groups in total. The van der Waals surface area contributed by atoms with Crippen LogP contribution in [0.4, 0.5) is 20.6 Å². The Hall–Kier alpha value is -3.46. The van der Waals surface area contributed by atoms with Gasteiger partial charge in [0.25, 0.3) is 0 Å². The Kier molecular flexibility index (Phi) is 5.72. The molecular weight excluding hydrogens is 425 g/mol. The second-order valence-electron chi connectivity index (χ2n) is 8.44. The average Bonchev–Trinajstić information content (AvgIpc) is 3.45. The molecular formula is C24H26FN5O3. The van der Waals surface area contributed by atoms with Crippen molar-refractivity contribution in [3.63, 3.8) is 0 Å². The molecule has 9 heteroatoms. The molecule has 2 atom stereocenters. The molecule has 0 bridgehead atoms. The van der Waals surface area contributed by atoms with E-state index in [1.807, 2.05) is 18.2 Å². The summed E-state index contributed by atoms with van der Waals surface area (Å²) in [5, 5.41) is 3.53. The zero-order chi connectivity index (χ0) is 22.9. The van der Waals surface area contributed by atoms with Gasteiger partial charge in [0.05, 0.1) is 30.5 Å². The number of anilines is 2. The van der Waals surface area contributed by atoms with Gasteiger partial charge in [-0.05, 0) is 43.2 Å². The molecule has 2 saturated heterocycles. The highest BCUT2D eigenvalue weighted by Gasteiger charge is 2.33. The van der Waals surface area contributed by atoms with Crippen molar-refractivity contribution < 1.29 is 18.7 Å². The first-order valence-corrected chi connectivity index (χ1v) is 11.0. The number of fused-ring (bicyclic) bond motifs is 1. The van der Waals surface area contributed by atoms with Gasteiger partial charge >= 0.3 is 6.09 Å². The van der Waals surface area contributed by atoms with Crippen molar-refractivity contribution in [1.29, 1.82) is 0 Å². The maximum absolute atomic E-state index is 13.9. The molecule has 8 nitrogen and oxygen atoms in total. The summed E-state index contributed by atoms with van der Waals surface area (Å²) < 4.78 is 24.7. The van der Waals surface area contributed by atoms with E-state index < -0.39 is 6.09 Å². The smallest absolute Gasteiger partial charge is 0.414 e. The van der Waals surface area contributed by atoms with Crippen molar-refractivity contribution in [3.8, 4) is 5.88 Å². The van der Waals surface area contributed by atoms with E-state index in [4.69, 9.17) is 9.47 Å². The number of aromatic nitrogens is 2. The minimum absolute atomic E-state index is 0.253. The topological polar surface area (TPSA) is 79.8 Å². The van der Waals surface area contributed by atoms with Gasteiger partial charge in [-0.1, -0.05) is 6.07 Å². The quantitative estimate of drug-likeness (QED) is 0.616. The van der Waals surface area contributed by atoms with Crippen molar-refractivity contribution >= 4 is 28.5 Å². The Labute approximate surface area is 191 Å². The van der Waals surface area contributed by atoms with Crippen molar-refractivity contribution in [2.75, 3.05) is 43.1 Å². The third-order valence-electron chi connectivity index (χ3n) is 6.25. The normalized spacial score (nSPS) is 20.5. The predicted octanol–water partition coefficient (Wildman–Crippen LogP) is 3.28. The number of methoxy groups -OCH3 is 1. The first-order chi connectivity index (χ1) is 16.0. The second-order valence-corrected chi connectivity index (χ2v) is 8.44. The number of ether oxygens (including phenoxy) is 2. The third-order valence-corrected chi connectivity index (χ3v) is 6.25. The zero-order valence-electron chi connectivity index (χ0n) is 18.6. The van der Waals surface area contributed by atoms with Gasteiger partial charge in [0, 0.05) is 37.9 Å². The predicted molar refractivity (Wildman–Crippen MR) is 123 cm³/mol. The zero-order valence-corrected chi connectivity index (χ0v) is 18.6. The van der Waals surface area contributed by atoms with Crippen molar-refractivity contribution in [1.82, 2.24) is 15.3 Å². The molecule has 0 spiro atoms. The maximum atomic E-state index is 13.9. The molecule has 0 radical (unpaired) electrons. The molecule has 2 aromatic heterocycles. The van der Waals surface area contributed by atoms with Gasteiger partial charge < -0.3 is 19.7 Å². The van der Waals surface area contributed by atoms with Crippen LogP contribution in [0.5, 0.6) is 5.88 Å². The number of nitrogens with zero attached hydrogens (tertiary/aromatic N) is 4. The van der Waals surface area contributed by atoms with Crippen LogP contribution in [0.25, 0.3) is 11.0 Å². The number of cyclic esters (lactones) is 1. The van der Waals surface area contributed by atoms with E-state index in [1.165, 1.54) is 11.0 Å². The molecule has 1 amide bonds. The van der Waals surface area contributed by atoms with Gasteiger partial charge in [-0.2, -0.15) is 0 Å². The van der Waals surface area contributed by atoms with E-state index in [0.29, 0.717) is 30.2 Å². The van der Waals surface area contributed by atoms with Crippen LogP contribution in [-0.2, 0) is 4.74 Å². The number of hydrogen-bond donors (Lipinski definition) is 1. The lowest BCUT2D eigenvalue weighted by Crippen LogP contribution is -2.39. The van der Waals surface area contributed by atoms with Crippen molar-refractivity contribution in [2.45, 2.75) is 25.5 Å². The molecule has 0 aliphatic carbocycles. The first kappa shape index (κ1) is 21.4. The molecule has 33 heavy (non-hydrogen) atoms. The van der Waals surface area contributed by atoms with Crippen LogP contribution in [0, 0.1) is 12.7 Å². The lowest BCUT2D eigenvalue weighted by atomic mass is 10.2. The molecule has 4 heterocycles. The number of nitrogens with one attached hydrogen (secondary N) is 1. The Morgan fingerprint density at radius 2 is 2.12 bits per heavy atom. The van der Waals surface area contributed by atoms with E-state index in [1.54, 1.807) is 32.4 Å². The van der Waals surface area contributed by atoms with Crippen LogP contribution in [0.15, 0.2) is 42.6 Å². The first-order valence-electron chi connectivity index (χ1n) is 11.0. The van der Waals surface area contributed by atoms with Crippen LogP contribution in [0.3, 0.4) is 0 Å². The minimum atomic E-state index is -0.443. The van der Waals surface area contributed by atoms with E-state index >= 15 is 0 Å². The molecule has 1 unspecified atom stereocenters. The highest BCUT2D eigenvalue weighted by Crippen LogP contribution is 2.29. The van der Waals surface area contributed by atoms with Crippen molar-refractivity contribution in [2.24, 2.45) is 0 Å². The van der Waals surface area contributed by atoms with Crippen LogP contribution in [-0.4, -0.2) is 61.5 Å². The van der Waals surface area contributed by atoms with Crippen LogP contribution in [0.1, 0.15) is 12.0 Å². The fourth-order valence-corrected chi connectivity index (χ4v) is 4.39. The fraction of sp³-hybridized carbons (Fsp3) is 0.375. The number of carbonyl (C=O) groups excluding carboxylic acids is 1. The Balaban J connectivity index is 1.20. The summed E-state index contributed by atoms with van der Waals surface area (Å²) in [6, 6.07) is 10.7. The Morgan fingerprint density at radius 1 is 1.24 bits per heavy atom. The lowest BCUT2D eigenvalue weighted by molar-refractivity contribution is 0.138. The van der Waals surface area contributed by atoms with Crippen molar-refractivity contribution in [3.05, 3.63) is 54.0 Å². The molecule has 2 aliphatic rings. The summed E-state index contributed by atoms with van der Waals surface area (Å²) in [7, 11) is 1.60. The minimum Gasteiger partial charge on any atom is -0.481 e. The summed E-state index contributed by atoms with van der Waals surface area (Å²) in [5.41, 5.74) is 3.75. The van der Waals surface area contributed by atoms with E-state index in [9.17, 15) is 9.18 Å². The van der Waals surface area contributed by atoms with Gasteiger partial charge in [0.2, 0.25) is 5.88 Å². The summed E-state index contributed by atoms with van der Waals surface area (Å²) in [5.74, 6) is 0.232. The van der Waals surface area contributed by atoms with Gasteiger partial charge in [0.1, 0.15) is 17.4 Å². The number of rotatable bonds is 6. The average molecular weight is 452 g/mol. The number of carbonyl (C=O) groups is 1. The van der Waals surface area contributed by atoms with Crippen LogP contribution >= 0.6 is 0 Å². The molecule has 0 saturated carbocycles. The van der Waals surface area contributed by atoms with Gasteiger partial charge in [-0.3, -0.25) is 9.88 Å². The molecule has 5 rings (SSSR count). The van der Waals surface area contributed by atoms with Crippen LogP contribution in [0.2, 0.25) is 0 Å². The SMILES string of the molecule is COc1ccc2nccc(N3CCC(NC[C@@H]4CN(c5ccc(C)c(F)c5)C(=O)O4)C3)c2n1. The Bertz CT molecular complexity index is 1190. The van der Waals surface area contributed by atoms with E-state index in [0.717, 1.165) is 36.2 Å². The molecule has 3 aromatic rings. The Morgan fingerprint density at radius 3 is 2.94 bits per heavy atom. The summed E-state index contributed by atoms with van der Waals surface area (Å²) in [6.07, 6.45) is 2.03. The van der Waals surface area contributed by atoms with E-state index in [-0.39, 0.29) is 18.0 Å². The number of hydrogen-bond acceptors (Lipinski definition) is 7. The maximum Gasteiger partial charge on any atom is 0.414 e. The largest absolute Gasteiger partial charge is 0.481 e. The number of benzene rings is 1. The second kappa shape index (κ2) is 8.82. The summed E-state index contributed by atoms with van der Waals surface area (Å²) in [6.45, 7) is 4.32. The highest BCUT2D eigenvalue weighted by molar-refractivity contribution is 5.90. The molecule has 2 aliphatic heterocycles. The van der Waals surface area contributed by atoms with Crippen LogP contribution < -0.4 is 19.9 Å². The number of aryl methyl sites for hydroxylation is 1. The standard InChI is InChI=1S/C24H26FN5O3/c1-15-3-4-17(11-19(15)25)30-14-18(33-24(30)31)12-27-16-8-10-29(13-16)21-7-9-26-20-5-6-22(32-2)28-23(20)21/h3-7,9,11,16,18,27H,8,10,12-14H2,1-2H3/t16?,18-/m1/s1. The number of pyridine rings is 2. The number of amides is 1. The summed E-state index contributed by atoms with van der Waals surface area (Å²) >= 11 is 0. The monoisotopic (exact) mass is 451 g/mol. The number of halogens is 1. The summed E-state index contributed by atoms with van der Waals surface area (Å²) in [4.78, 5) is 25.1. The highest BCUT2D eigenvalue weighted by atomic mass is 19.1. The van der Waals surface area contributed by atoms with Gasteiger partial charge in [-0.25, -0.2) is 14.2 Å². The lowest BCUT2D eigenvalue weighted by Gasteiger charge is -2.21. The van der Waals surface area contributed by atoms with Gasteiger partial charge in [0.15, 0.2) is 0 Å². The van der Waals surface area contributed by atoms with E-state index in [2.05, 4.69) is 20.2 Å². The molecule has 172 valence electrons. The molecule has 1 aromatic carbocycles. The fourth-order valence-electron chi connectivity index (χ4n) is 4.39. The van der Waals surface area contributed by atoms with Gasteiger partial charge in [-0.15, -0.1) is 0 Å².